The highest BCUT2D eigenvalue weighted by Crippen LogP contribution is 2.40. The summed E-state index contributed by atoms with van der Waals surface area (Å²) < 4.78 is 5.65. The summed E-state index contributed by atoms with van der Waals surface area (Å²) in [7, 11) is 0. The van der Waals surface area contributed by atoms with Crippen LogP contribution in [-0.4, -0.2) is 19.1 Å². The second-order valence-electron chi connectivity index (χ2n) is 4.87. The molecule has 1 amide bonds. The molecule has 3 rings (SSSR count). The maximum Gasteiger partial charge on any atom is 0.226 e. The monoisotopic (exact) mass is 282 g/mol. The molecule has 0 unspecified atom stereocenters. The van der Waals surface area contributed by atoms with Crippen molar-refractivity contribution < 1.29 is 9.53 Å². The van der Waals surface area contributed by atoms with Gasteiger partial charge in [-0.05, 0) is 31.2 Å². The summed E-state index contributed by atoms with van der Waals surface area (Å²) in [4.78, 5) is 14.1. The van der Waals surface area contributed by atoms with E-state index in [1.54, 1.807) is 0 Å². The fourth-order valence-corrected chi connectivity index (χ4v) is 2.56. The van der Waals surface area contributed by atoms with Crippen LogP contribution in [0.5, 0.6) is 5.75 Å². The molecule has 4 heteroatoms. The molecule has 0 saturated heterocycles. The Morgan fingerprint density at radius 3 is 2.71 bits per heavy atom. The third kappa shape index (κ3) is 2.70. The summed E-state index contributed by atoms with van der Waals surface area (Å²) in [5.74, 6) is 0.730. The first kappa shape index (κ1) is 13.5. The molecule has 0 bridgehead atoms. The van der Waals surface area contributed by atoms with E-state index in [4.69, 9.17) is 4.74 Å². The standard InChI is InChI=1S/C17H18N2O2/c1-2-21-15-10-6-9-14-17(15)18-16(20)11-12-19(14)13-7-4-3-5-8-13/h3-10H,2,11-12H2,1H3,(H,18,20). The van der Waals surface area contributed by atoms with Crippen molar-refractivity contribution in [1.29, 1.82) is 0 Å². The van der Waals surface area contributed by atoms with Crippen molar-refractivity contribution in [3.63, 3.8) is 0 Å². The van der Waals surface area contributed by atoms with Crippen molar-refractivity contribution in [2.45, 2.75) is 13.3 Å². The average Bonchev–Trinajstić information content (AvgIpc) is 2.68. The molecule has 1 aliphatic heterocycles. The molecule has 21 heavy (non-hydrogen) atoms. The van der Waals surface area contributed by atoms with Gasteiger partial charge in [-0.1, -0.05) is 24.3 Å². The lowest BCUT2D eigenvalue weighted by atomic mass is 10.2. The number of hydrogen-bond acceptors (Lipinski definition) is 3. The molecule has 108 valence electrons. The van der Waals surface area contributed by atoms with E-state index in [9.17, 15) is 4.79 Å². The molecule has 1 heterocycles. The van der Waals surface area contributed by atoms with E-state index >= 15 is 0 Å². The Labute approximate surface area is 124 Å². The third-order valence-corrected chi connectivity index (χ3v) is 3.49. The summed E-state index contributed by atoms with van der Waals surface area (Å²) in [5.41, 5.74) is 2.80. The molecule has 0 spiro atoms. The van der Waals surface area contributed by atoms with E-state index in [1.165, 1.54) is 0 Å². The zero-order valence-electron chi connectivity index (χ0n) is 12.0. The average molecular weight is 282 g/mol. The number of para-hydroxylation sites is 2. The van der Waals surface area contributed by atoms with Gasteiger partial charge in [0.15, 0.2) is 0 Å². The van der Waals surface area contributed by atoms with Crippen LogP contribution >= 0.6 is 0 Å². The summed E-state index contributed by atoms with van der Waals surface area (Å²) in [6, 6.07) is 15.9. The van der Waals surface area contributed by atoms with Crippen LogP contribution in [0.3, 0.4) is 0 Å². The highest BCUT2D eigenvalue weighted by atomic mass is 16.5. The Morgan fingerprint density at radius 1 is 1.14 bits per heavy atom. The molecule has 0 radical (unpaired) electrons. The molecule has 0 saturated carbocycles. The first-order valence-corrected chi connectivity index (χ1v) is 7.18. The number of nitrogens with zero attached hydrogens (tertiary/aromatic N) is 1. The Bertz CT molecular complexity index is 640. The molecular weight excluding hydrogens is 264 g/mol. The zero-order chi connectivity index (χ0) is 14.7. The third-order valence-electron chi connectivity index (χ3n) is 3.49. The zero-order valence-corrected chi connectivity index (χ0v) is 12.0. The molecule has 1 aliphatic rings. The van der Waals surface area contributed by atoms with Crippen LogP contribution in [0.25, 0.3) is 0 Å². The number of amides is 1. The van der Waals surface area contributed by atoms with Gasteiger partial charge in [-0.3, -0.25) is 4.79 Å². The predicted octanol–water partition coefficient (Wildman–Crippen LogP) is 3.57. The number of fused-ring (bicyclic) bond motifs is 1. The van der Waals surface area contributed by atoms with Gasteiger partial charge in [0, 0.05) is 18.7 Å². The summed E-state index contributed by atoms with van der Waals surface area (Å²) in [5, 5.41) is 2.97. The molecule has 0 fully saturated rings. The molecular formula is C17H18N2O2. The molecule has 2 aromatic carbocycles. The Hall–Kier alpha value is -2.49. The molecule has 4 nitrogen and oxygen atoms in total. The summed E-state index contributed by atoms with van der Waals surface area (Å²) in [6.45, 7) is 3.16. The van der Waals surface area contributed by atoms with E-state index in [-0.39, 0.29) is 5.91 Å². The van der Waals surface area contributed by atoms with Crippen molar-refractivity contribution in [2.75, 3.05) is 23.4 Å². The predicted molar refractivity (Wildman–Crippen MR) is 84.3 cm³/mol. The van der Waals surface area contributed by atoms with Crippen LogP contribution < -0.4 is 15.0 Å². The van der Waals surface area contributed by atoms with Crippen LogP contribution in [0.15, 0.2) is 48.5 Å². The maximum absolute atomic E-state index is 12.0. The molecule has 0 aromatic heterocycles. The number of anilines is 3. The Kier molecular flexibility index (Phi) is 3.77. The van der Waals surface area contributed by atoms with Crippen molar-refractivity contribution in [1.82, 2.24) is 0 Å². The van der Waals surface area contributed by atoms with E-state index < -0.39 is 0 Å². The first-order chi connectivity index (χ1) is 10.3. The number of benzene rings is 2. The quantitative estimate of drug-likeness (QED) is 0.935. The van der Waals surface area contributed by atoms with Gasteiger partial charge in [-0.25, -0.2) is 0 Å². The second-order valence-corrected chi connectivity index (χ2v) is 4.87. The van der Waals surface area contributed by atoms with Crippen LogP contribution in [0.1, 0.15) is 13.3 Å². The van der Waals surface area contributed by atoms with E-state index in [0.717, 1.165) is 17.1 Å². The Balaban J connectivity index is 2.10. The van der Waals surface area contributed by atoms with Gasteiger partial charge >= 0.3 is 0 Å². The fraction of sp³-hybridized carbons (Fsp3) is 0.235. The lowest BCUT2D eigenvalue weighted by Gasteiger charge is -2.25. The molecule has 1 N–H and O–H groups in total. The van der Waals surface area contributed by atoms with Crippen molar-refractivity contribution in [2.24, 2.45) is 0 Å². The number of nitrogens with one attached hydrogen (secondary N) is 1. The van der Waals surface area contributed by atoms with Gasteiger partial charge in [0.05, 0.1) is 12.3 Å². The second kappa shape index (κ2) is 5.87. The highest BCUT2D eigenvalue weighted by molar-refractivity contribution is 5.99. The van der Waals surface area contributed by atoms with Gasteiger partial charge in [0.25, 0.3) is 0 Å². The lowest BCUT2D eigenvalue weighted by molar-refractivity contribution is -0.115. The lowest BCUT2D eigenvalue weighted by Crippen LogP contribution is -2.18. The van der Waals surface area contributed by atoms with Crippen LogP contribution in [-0.2, 0) is 4.79 Å². The van der Waals surface area contributed by atoms with Gasteiger partial charge < -0.3 is 15.0 Å². The van der Waals surface area contributed by atoms with Crippen molar-refractivity contribution >= 4 is 23.0 Å². The van der Waals surface area contributed by atoms with Crippen LogP contribution in [0, 0.1) is 0 Å². The fourth-order valence-electron chi connectivity index (χ4n) is 2.56. The minimum atomic E-state index is 0.0156. The van der Waals surface area contributed by atoms with Crippen LogP contribution in [0.4, 0.5) is 17.1 Å². The minimum absolute atomic E-state index is 0.0156. The van der Waals surface area contributed by atoms with Crippen molar-refractivity contribution in [3.8, 4) is 5.75 Å². The topological polar surface area (TPSA) is 41.6 Å². The van der Waals surface area contributed by atoms with Gasteiger partial charge in [0.2, 0.25) is 5.91 Å². The van der Waals surface area contributed by atoms with E-state index in [1.807, 2.05) is 55.5 Å². The molecule has 0 atom stereocenters. The highest BCUT2D eigenvalue weighted by Gasteiger charge is 2.22. The largest absolute Gasteiger partial charge is 0.492 e. The normalized spacial score (nSPS) is 14.1. The van der Waals surface area contributed by atoms with Gasteiger partial charge in [0.1, 0.15) is 11.4 Å². The van der Waals surface area contributed by atoms with Gasteiger partial charge in [-0.15, -0.1) is 0 Å². The summed E-state index contributed by atoms with van der Waals surface area (Å²) >= 11 is 0. The molecule has 2 aromatic rings. The number of rotatable bonds is 3. The smallest absolute Gasteiger partial charge is 0.226 e. The number of carbonyl (C=O) groups is 1. The maximum atomic E-state index is 12.0. The van der Waals surface area contributed by atoms with Crippen molar-refractivity contribution in [3.05, 3.63) is 48.5 Å². The SMILES string of the molecule is CCOc1cccc2c1NC(=O)CCN2c1ccccc1. The van der Waals surface area contributed by atoms with Gasteiger partial charge in [-0.2, -0.15) is 0 Å². The minimum Gasteiger partial charge on any atom is -0.492 e. The van der Waals surface area contributed by atoms with E-state index in [2.05, 4.69) is 10.2 Å². The number of carbonyl (C=O) groups excluding carboxylic acids is 1. The number of ether oxygens (including phenoxy) is 1. The summed E-state index contributed by atoms with van der Waals surface area (Å²) in [6.07, 6.45) is 0.454. The first-order valence-electron chi connectivity index (χ1n) is 7.18. The Morgan fingerprint density at radius 2 is 1.95 bits per heavy atom. The van der Waals surface area contributed by atoms with Crippen LogP contribution in [0.2, 0.25) is 0 Å². The van der Waals surface area contributed by atoms with E-state index in [0.29, 0.717) is 25.3 Å². The number of hydrogen-bond donors (Lipinski definition) is 1. The molecule has 0 aliphatic carbocycles.